The van der Waals surface area contributed by atoms with Crippen LogP contribution in [0.15, 0.2) is 121 Å². The predicted molar refractivity (Wildman–Crippen MR) is 213 cm³/mol. The van der Waals surface area contributed by atoms with Crippen molar-refractivity contribution in [1.82, 2.24) is 0 Å². The van der Waals surface area contributed by atoms with Gasteiger partial charge in [0.15, 0.2) is 0 Å². The van der Waals surface area contributed by atoms with Crippen molar-refractivity contribution in [3.8, 4) is 28.0 Å². The zero-order valence-corrected chi connectivity index (χ0v) is 31.7. The monoisotopic (exact) mass is 749 g/mol. The molecule has 0 saturated carbocycles. The maximum Gasteiger partial charge on any atom is 0.356 e. The maximum absolute atomic E-state index is 12.8. The molecular weight excluding hydrogens is 700 g/mol. The molecule has 6 rings (SSSR count). The summed E-state index contributed by atoms with van der Waals surface area (Å²) in [6, 6.07) is 35.6. The molecule has 1 heterocycles. The summed E-state index contributed by atoms with van der Waals surface area (Å²) in [5, 5.41) is 24.8. The first-order valence-electron chi connectivity index (χ1n) is 16.7. The first-order chi connectivity index (χ1) is 25.1. The van der Waals surface area contributed by atoms with E-state index in [1.54, 1.807) is 29.4 Å². The van der Waals surface area contributed by atoms with E-state index in [4.69, 9.17) is 10.2 Å². The number of carbonyl (C=O) groups is 1. The highest BCUT2D eigenvalue weighted by atomic mass is 32.1. The van der Waals surface area contributed by atoms with Crippen molar-refractivity contribution in [3.63, 3.8) is 0 Å². The first kappa shape index (κ1) is 43.9. The average Bonchev–Trinajstić information content (AvgIpc) is 3.58. The van der Waals surface area contributed by atoms with E-state index in [-0.39, 0.29) is 28.8 Å². The molecule has 1 aliphatic heterocycles. The summed E-state index contributed by atoms with van der Waals surface area (Å²) in [5.41, 5.74) is 6.28. The number of nitrogens with zero attached hydrogens (tertiary/aromatic N) is 1. The fraction of sp³-hybridized carbons (Fsp3) is 0.244. The van der Waals surface area contributed by atoms with Crippen molar-refractivity contribution < 1.29 is 38.9 Å². The fourth-order valence-electron chi connectivity index (χ4n) is 5.63. The molecule has 1 unspecified atom stereocenters. The van der Waals surface area contributed by atoms with Gasteiger partial charge < -0.3 is 30.0 Å². The molecule has 1 atom stereocenters. The molecule has 0 aromatic heterocycles. The van der Waals surface area contributed by atoms with Gasteiger partial charge in [-0.2, -0.15) is 12.6 Å². The summed E-state index contributed by atoms with van der Waals surface area (Å²) in [4.78, 5) is 33.2. The van der Waals surface area contributed by atoms with Crippen LogP contribution in [0.25, 0.3) is 22.3 Å². The normalized spacial score (nSPS) is 13.2. The van der Waals surface area contributed by atoms with Gasteiger partial charge >= 0.3 is 7.60 Å². The van der Waals surface area contributed by atoms with Crippen LogP contribution in [0, 0.1) is 5.82 Å². The number of amides is 1. The molecule has 1 fully saturated rings. The molecule has 0 bridgehead atoms. The van der Waals surface area contributed by atoms with E-state index in [2.05, 4.69) is 19.6 Å². The number of aliphatic hydroxyl groups is 2. The van der Waals surface area contributed by atoms with Gasteiger partial charge in [0.05, 0.1) is 11.3 Å². The SMILES string of the molecule is CCCCc1ccc(F)cc1.CO.CO.CS.O=C1CCC(c2ccc(-c3ccc(P(=O)(O)O)cc3)cc2O)N1c1ccc(-c2ccccc2)cc1. The van der Waals surface area contributed by atoms with Gasteiger partial charge in [-0.25, -0.2) is 4.39 Å². The Balaban J connectivity index is 0.000000463. The number of thiol groups is 1. The second kappa shape index (κ2) is 22.6. The van der Waals surface area contributed by atoms with Crippen LogP contribution in [0.4, 0.5) is 10.1 Å². The maximum atomic E-state index is 12.8. The summed E-state index contributed by atoms with van der Waals surface area (Å²) in [6.07, 6.45) is 6.14. The lowest BCUT2D eigenvalue weighted by atomic mass is 9.98. The van der Waals surface area contributed by atoms with Crippen molar-refractivity contribution in [2.24, 2.45) is 0 Å². The summed E-state index contributed by atoms with van der Waals surface area (Å²) in [6.45, 7) is 2.16. The van der Waals surface area contributed by atoms with E-state index in [0.29, 0.717) is 24.0 Å². The summed E-state index contributed by atoms with van der Waals surface area (Å²) >= 11 is 3.53. The number of aliphatic hydroxyl groups excluding tert-OH is 2. The number of rotatable bonds is 8. The van der Waals surface area contributed by atoms with E-state index in [9.17, 15) is 28.6 Å². The number of aryl methyl sites for hydroxylation is 1. The summed E-state index contributed by atoms with van der Waals surface area (Å²) in [5.74, 6) is -0.0589. The predicted octanol–water partition coefficient (Wildman–Crippen LogP) is 8.33. The molecule has 1 saturated heterocycles. The van der Waals surface area contributed by atoms with Crippen LogP contribution >= 0.6 is 20.2 Å². The molecule has 0 spiro atoms. The minimum atomic E-state index is -4.31. The Morgan fingerprint density at radius 2 is 1.27 bits per heavy atom. The Kier molecular flexibility index (Phi) is 19.1. The first-order valence-corrected chi connectivity index (χ1v) is 19.2. The molecule has 1 amide bonds. The number of halogens is 1. The lowest BCUT2D eigenvalue weighted by Crippen LogP contribution is -2.27. The Bertz CT molecular complexity index is 1820. The third-order valence-electron chi connectivity index (χ3n) is 8.12. The number of phenolic OH excluding ortho intramolecular Hbond substituents is 1. The third-order valence-corrected chi connectivity index (χ3v) is 9.09. The van der Waals surface area contributed by atoms with Gasteiger partial charge in [0.25, 0.3) is 0 Å². The molecule has 5 aromatic rings. The molecule has 11 heteroatoms. The number of carbonyl (C=O) groups excluding carboxylic acids is 1. The number of phenols is 1. The second-order valence-corrected chi connectivity index (χ2v) is 12.9. The molecule has 5 N–H and O–H groups in total. The lowest BCUT2D eigenvalue weighted by Gasteiger charge is -2.26. The van der Waals surface area contributed by atoms with Crippen molar-refractivity contribution >= 4 is 37.1 Å². The van der Waals surface area contributed by atoms with Crippen LogP contribution in [-0.2, 0) is 15.8 Å². The van der Waals surface area contributed by atoms with E-state index in [0.717, 1.165) is 43.0 Å². The Hall–Kier alpha value is -4.28. The largest absolute Gasteiger partial charge is 0.508 e. The molecule has 8 nitrogen and oxygen atoms in total. The van der Waals surface area contributed by atoms with Crippen LogP contribution in [0.1, 0.15) is 49.8 Å². The highest BCUT2D eigenvalue weighted by Crippen LogP contribution is 2.42. The van der Waals surface area contributed by atoms with Crippen LogP contribution in [0.2, 0.25) is 0 Å². The molecule has 52 heavy (non-hydrogen) atoms. The zero-order valence-electron chi connectivity index (χ0n) is 29.9. The van der Waals surface area contributed by atoms with Crippen molar-refractivity contribution in [1.29, 1.82) is 0 Å². The van der Waals surface area contributed by atoms with Gasteiger partial charge in [-0.15, -0.1) is 0 Å². The van der Waals surface area contributed by atoms with Crippen LogP contribution in [0.5, 0.6) is 5.75 Å². The average molecular weight is 750 g/mol. The molecule has 5 aromatic carbocycles. The number of unbranched alkanes of at least 4 members (excludes halogenated alkanes) is 1. The minimum Gasteiger partial charge on any atom is -0.508 e. The van der Waals surface area contributed by atoms with Gasteiger partial charge in [0, 0.05) is 31.9 Å². The van der Waals surface area contributed by atoms with E-state index < -0.39 is 7.60 Å². The quantitative estimate of drug-likeness (QED) is 0.0693. The minimum absolute atomic E-state index is 0.0129. The molecule has 0 aliphatic carbocycles. The number of hydrogen-bond acceptors (Lipinski definition) is 6. The third kappa shape index (κ3) is 12.4. The van der Waals surface area contributed by atoms with Gasteiger partial charge in [-0.05, 0) is 95.8 Å². The van der Waals surface area contributed by atoms with Gasteiger partial charge in [0.2, 0.25) is 5.91 Å². The Morgan fingerprint density at radius 1 is 0.750 bits per heavy atom. The Labute approximate surface area is 311 Å². The van der Waals surface area contributed by atoms with Crippen LogP contribution in [-0.4, -0.2) is 51.5 Å². The smallest absolute Gasteiger partial charge is 0.356 e. The topological polar surface area (TPSA) is 139 Å². The standard InChI is InChI=1S/C28H24NO5P.C10H13F.2CH4O.CH4S/c30-27-18-22(21-8-13-24(14-9-21)35(32,33)34)10-15-25(27)26-16-17-28(31)29(26)23-11-6-20(7-12-23)19-4-2-1-3-5-19;1-2-3-4-9-5-7-10(11)8-6-9;3*1-2/h1-15,18,26,30H,16-17H2,(H2,32,33,34);5-8H,2-4H2,1H3;3*2H,1H3. The lowest BCUT2D eigenvalue weighted by molar-refractivity contribution is -0.117. The van der Waals surface area contributed by atoms with Gasteiger partial charge in [-0.1, -0.05) is 92.2 Å². The van der Waals surface area contributed by atoms with Crippen LogP contribution in [0.3, 0.4) is 0 Å². The Morgan fingerprint density at radius 3 is 1.81 bits per heavy atom. The molecule has 0 radical (unpaired) electrons. The van der Waals surface area contributed by atoms with Crippen molar-refractivity contribution in [2.75, 3.05) is 25.4 Å². The summed E-state index contributed by atoms with van der Waals surface area (Å²) in [7, 11) is -2.31. The molecule has 278 valence electrons. The van der Waals surface area contributed by atoms with Gasteiger partial charge in [-0.3, -0.25) is 9.36 Å². The number of aromatic hydroxyl groups is 1. The number of anilines is 1. The molecule has 1 aliphatic rings. The van der Waals surface area contributed by atoms with Crippen LogP contribution < -0.4 is 10.2 Å². The van der Waals surface area contributed by atoms with Gasteiger partial charge in [0.1, 0.15) is 11.6 Å². The fourth-order valence-corrected chi connectivity index (χ4v) is 6.17. The van der Waals surface area contributed by atoms with E-state index in [1.165, 1.54) is 42.7 Å². The van der Waals surface area contributed by atoms with E-state index in [1.807, 2.05) is 78.9 Å². The summed E-state index contributed by atoms with van der Waals surface area (Å²) < 4.78 is 23.8. The number of hydrogen-bond donors (Lipinski definition) is 6. The van der Waals surface area contributed by atoms with Crippen molar-refractivity contribution in [3.05, 3.63) is 138 Å². The van der Waals surface area contributed by atoms with E-state index >= 15 is 0 Å². The molecular formula is C41H49FNO7PS. The zero-order chi connectivity index (χ0) is 38.7. The highest BCUT2D eigenvalue weighted by Gasteiger charge is 2.34. The second-order valence-electron chi connectivity index (χ2n) is 11.3. The number of benzene rings is 5. The highest BCUT2D eigenvalue weighted by molar-refractivity contribution is 7.79. The van der Waals surface area contributed by atoms with Crippen molar-refractivity contribution in [2.45, 2.75) is 45.1 Å².